The minimum Gasteiger partial charge on any atom is -0.513 e. The van der Waals surface area contributed by atoms with E-state index in [1.165, 1.54) is 11.1 Å². The van der Waals surface area contributed by atoms with E-state index in [-0.39, 0.29) is 5.75 Å². The maximum Gasteiger partial charge on any atom is 0.138 e. The number of benzene rings is 1. The molecular formula is C13H15NO2. The molecule has 0 aromatic heterocycles. The average Bonchev–Trinajstić information content (AvgIpc) is 2.42. The fourth-order valence-corrected chi connectivity index (χ4v) is 2.97. The van der Waals surface area contributed by atoms with E-state index in [0.29, 0.717) is 29.7 Å². The Kier molecular flexibility index (Phi) is 1.90. The fraction of sp³-hybridized carbons (Fsp3) is 0.385. The van der Waals surface area contributed by atoms with E-state index in [9.17, 15) is 10.2 Å². The topological polar surface area (TPSA) is 66.5 Å². The fourth-order valence-electron chi connectivity index (χ4n) is 2.97. The molecule has 84 valence electrons. The highest BCUT2D eigenvalue weighted by Crippen LogP contribution is 2.54. The third kappa shape index (κ3) is 1.21. The lowest BCUT2D eigenvalue weighted by atomic mass is 9.65. The Balaban J connectivity index is 2.02. The minimum absolute atomic E-state index is 0.179. The highest BCUT2D eigenvalue weighted by molar-refractivity contribution is 5.62. The SMILES string of the molecule is Nc1cc2c(cc1O)C1CCC=C(O)CC21. The van der Waals surface area contributed by atoms with Gasteiger partial charge in [0.05, 0.1) is 11.4 Å². The zero-order chi connectivity index (χ0) is 11.3. The van der Waals surface area contributed by atoms with Crippen LogP contribution in [0.1, 0.15) is 42.2 Å². The van der Waals surface area contributed by atoms with Crippen molar-refractivity contribution in [1.82, 2.24) is 0 Å². The van der Waals surface area contributed by atoms with E-state index in [2.05, 4.69) is 0 Å². The number of fused-ring (bicyclic) bond motifs is 4. The van der Waals surface area contributed by atoms with Crippen molar-refractivity contribution < 1.29 is 10.2 Å². The van der Waals surface area contributed by atoms with Gasteiger partial charge in [0.25, 0.3) is 0 Å². The Bertz CT molecular complexity index is 479. The molecule has 0 aliphatic heterocycles. The molecule has 0 saturated carbocycles. The molecule has 4 N–H and O–H groups in total. The van der Waals surface area contributed by atoms with Crippen molar-refractivity contribution >= 4 is 5.69 Å². The van der Waals surface area contributed by atoms with E-state index < -0.39 is 0 Å². The first-order chi connectivity index (χ1) is 7.66. The van der Waals surface area contributed by atoms with Crippen LogP contribution in [0.15, 0.2) is 24.0 Å². The summed E-state index contributed by atoms with van der Waals surface area (Å²) >= 11 is 0. The van der Waals surface area contributed by atoms with Gasteiger partial charge in [-0.25, -0.2) is 0 Å². The van der Waals surface area contributed by atoms with Crippen molar-refractivity contribution in [3.63, 3.8) is 0 Å². The zero-order valence-electron chi connectivity index (χ0n) is 8.98. The molecule has 0 spiro atoms. The van der Waals surface area contributed by atoms with Gasteiger partial charge in [0.1, 0.15) is 5.75 Å². The van der Waals surface area contributed by atoms with Crippen LogP contribution in [0.25, 0.3) is 0 Å². The number of nitrogens with two attached hydrogens (primary N) is 1. The number of hydrogen-bond donors (Lipinski definition) is 3. The molecule has 0 bridgehead atoms. The molecule has 1 aromatic rings. The van der Waals surface area contributed by atoms with E-state index >= 15 is 0 Å². The second-order valence-electron chi connectivity index (χ2n) is 4.73. The van der Waals surface area contributed by atoms with Gasteiger partial charge < -0.3 is 15.9 Å². The third-order valence-corrected chi connectivity index (χ3v) is 3.80. The van der Waals surface area contributed by atoms with Crippen molar-refractivity contribution in [3.8, 4) is 5.75 Å². The van der Waals surface area contributed by atoms with Gasteiger partial charge in [-0.05, 0) is 54.0 Å². The average molecular weight is 217 g/mol. The van der Waals surface area contributed by atoms with Gasteiger partial charge in [-0.3, -0.25) is 0 Å². The van der Waals surface area contributed by atoms with Crippen LogP contribution in [0.4, 0.5) is 5.69 Å². The maximum absolute atomic E-state index is 9.64. The number of anilines is 1. The zero-order valence-corrected chi connectivity index (χ0v) is 8.98. The van der Waals surface area contributed by atoms with Crippen molar-refractivity contribution in [2.24, 2.45) is 0 Å². The van der Waals surface area contributed by atoms with Gasteiger partial charge in [0.15, 0.2) is 0 Å². The summed E-state index contributed by atoms with van der Waals surface area (Å²) in [5.41, 5.74) is 8.53. The quantitative estimate of drug-likeness (QED) is 0.462. The molecule has 0 heterocycles. The van der Waals surface area contributed by atoms with E-state index in [1.807, 2.05) is 12.1 Å². The smallest absolute Gasteiger partial charge is 0.138 e. The van der Waals surface area contributed by atoms with Crippen LogP contribution in [0.2, 0.25) is 0 Å². The maximum atomic E-state index is 9.64. The van der Waals surface area contributed by atoms with Gasteiger partial charge in [-0.15, -0.1) is 0 Å². The summed E-state index contributed by atoms with van der Waals surface area (Å²) in [5.74, 6) is 1.53. The predicted octanol–water partition coefficient (Wildman–Crippen LogP) is 2.78. The van der Waals surface area contributed by atoms with Gasteiger partial charge in [0.2, 0.25) is 0 Å². The van der Waals surface area contributed by atoms with Gasteiger partial charge >= 0.3 is 0 Å². The van der Waals surface area contributed by atoms with Crippen LogP contribution in [-0.2, 0) is 0 Å². The van der Waals surface area contributed by atoms with Crippen LogP contribution >= 0.6 is 0 Å². The molecule has 0 saturated heterocycles. The van der Waals surface area contributed by atoms with E-state index in [4.69, 9.17) is 5.73 Å². The van der Waals surface area contributed by atoms with Gasteiger partial charge in [-0.1, -0.05) is 0 Å². The summed E-state index contributed by atoms with van der Waals surface area (Å²) in [6.07, 6.45) is 4.58. The molecule has 16 heavy (non-hydrogen) atoms. The van der Waals surface area contributed by atoms with E-state index in [0.717, 1.165) is 12.8 Å². The molecule has 0 amide bonds. The molecule has 2 atom stereocenters. The first-order valence-corrected chi connectivity index (χ1v) is 5.67. The molecule has 3 nitrogen and oxygen atoms in total. The Morgan fingerprint density at radius 1 is 1.12 bits per heavy atom. The normalized spacial score (nSPS) is 27.1. The number of aromatic hydroxyl groups is 1. The molecule has 0 fully saturated rings. The number of phenolic OH excluding ortho intramolecular Hbond substituents is 1. The second-order valence-corrected chi connectivity index (χ2v) is 4.73. The first-order valence-electron chi connectivity index (χ1n) is 5.67. The van der Waals surface area contributed by atoms with Crippen molar-refractivity contribution in [2.45, 2.75) is 31.1 Å². The monoisotopic (exact) mass is 217 g/mol. The lowest BCUT2D eigenvalue weighted by Crippen LogP contribution is -2.24. The molecule has 2 unspecified atom stereocenters. The lowest BCUT2D eigenvalue weighted by Gasteiger charge is -2.39. The molecule has 3 heteroatoms. The number of phenols is 1. The van der Waals surface area contributed by atoms with Crippen LogP contribution < -0.4 is 5.73 Å². The van der Waals surface area contributed by atoms with Crippen LogP contribution in [0.5, 0.6) is 5.75 Å². The summed E-state index contributed by atoms with van der Waals surface area (Å²) in [4.78, 5) is 0. The molecule has 0 radical (unpaired) electrons. The molecular weight excluding hydrogens is 202 g/mol. The number of allylic oxidation sites excluding steroid dienone is 2. The van der Waals surface area contributed by atoms with Crippen LogP contribution in [-0.4, -0.2) is 10.2 Å². The Hall–Kier alpha value is -1.64. The standard InChI is InChI=1S/C13H15NO2/c14-12-5-10-9-4-7(15)2-1-3-8(9)11(10)6-13(12)16/h2,5-6,8-9,15-16H,1,3-4,14H2. The second kappa shape index (κ2) is 3.17. The van der Waals surface area contributed by atoms with Gasteiger partial charge in [0, 0.05) is 6.42 Å². The summed E-state index contributed by atoms with van der Waals surface area (Å²) in [7, 11) is 0. The van der Waals surface area contributed by atoms with Gasteiger partial charge in [-0.2, -0.15) is 0 Å². The molecule has 2 aliphatic rings. The molecule has 1 aromatic carbocycles. The number of aliphatic hydroxyl groups is 1. The highest BCUT2D eigenvalue weighted by Gasteiger charge is 2.39. The van der Waals surface area contributed by atoms with Crippen LogP contribution in [0, 0.1) is 0 Å². The summed E-state index contributed by atoms with van der Waals surface area (Å²) < 4.78 is 0. The molecule has 2 aliphatic carbocycles. The van der Waals surface area contributed by atoms with Crippen molar-refractivity contribution in [2.75, 3.05) is 5.73 Å². The van der Waals surface area contributed by atoms with Crippen LogP contribution in [0.3, 0.4) is 0 Å². The Labute approximate surface area is 94.2 Å². The Morgan fingerprint density at radius 2 is 1.88 bits per heavy atom. The summed E-state index contributed by atoms with van der Waals surface area (Å²) in [6, 6.07) is 3.64. The Morgan fingerprint density at radius 3 is 2.69 bits per heavy atom. The number of rotatable bonds is 0. The number of aliphatic hydroxyl groups excluding tert-OH is 1. The lowest BCUT2D eigenvalue weighted by molar-refractivity contribution is 0.350. The third-order valence-electron chi connectivity index (χ3n) is 3.80. The minimum atomic E-state index is 0.179. The van der Waals surface area contributed by atoms with Crippen molar-refractivity contribution in [3.05, 3.63) is 35.1 Å². The highest BCUT2D eigenvalue weighted by atomic mass is 16.3. The predicted molar refractivity (Wildman–Crippen MR) is 62.6 cm³/mol. The van der Waals surface area contributed by atoms with E-state index in [1.54, 1.807) is 6.07 Å². The molecule has 3 rings (SSSR count). The number of hydrogen-bond acceptors (Lipinski definition) is 3. The van der Waals surface area contributed by atoms with Crippen molar-refractivity contribution in [1.29, 1.82) is 0 Å². The largest absolute Gasteiger partial charge is 0.513 e. The first kappa shape index (κ1) is 9.58. The summed E-state index contributed by atoms with van der Waals surface area (Å²) in [6.45, 7) is 0. The number of nitrogen functional groups attached to an aromatic ring is 1. The summed E-state index contributed by atoms with van der Waals surface area (Å²) in [5, 5.41) is 19.2.